The lowest BCUT2D eigenvalue weighted by atomic mass is 9.78. The molecule has 7 heteroatoms. The number of amides is 1. The van der Waals surface area contributed by atoms with Crippen LogP contribution < -0.4 is 5.32 Å². The van der Waals surface area contributed by atoms with E-state index in [1.165, 1.54) is 11.3 Å². The SMILES string of the molecule is CCCCOC(=O)c1c(NC(=O)[C@H]2CCCC[C@H]2C(=O)O)sc2c1CCCC2. The Morgan fingerprint density at radius 3 is 2.54 bits per heavy atom. The van der Waals surface area contributed by atoms with Crippen LogP contribution in [-0.2, 0) is 27.2 Å². The Hall–Kier alpha value is -1.89. The number of carboxylic acids is 1. The highest BCUT2D eigenvalue weighted by molar-refractivity contribution is 7.17. The summed E-state index contributed by atoms with van der Waals surface area (Å²) in [5.74, 6) is -2.77. The van der Waals surface area contributed by atoms with E-state index < -0.39 is 17.8 Å². The Labute approximate surface area is 169 Å². The molecule has 0 bridgehead atoms. The third kappa shape index (κ3) is 4.57. The Morgan fingerprint density at radius 1 is 1.11 bits per heavy atom. The van der Waals surface area contributed by atoms with E-state index in [1.807, 2.05) is 6.92 Å². The molecule has 0 aromatic carbocycles. The number of carbonyl (C=O) groups is 3. The van der Waals surface area contributed by atoms with Crippen molar-refractivity contribution in [3.63, 3.8) is 0 Å². The van der Waals surface area contributed by atoms with Gasteiger partial charge in [-0.05, 0) is 50.5 Å². The molecule has 2 atom stereocenters. The predicted molar refractivity (Wildman–Crippen MR) is 108 cm³/mol. The fourth-order valence-electron chi connectivity index (χ4n) is 4.20. The Kier molecular flexibility index (Phi) is 7.10. The number of unbranched alkanes of at least 4 members (excludes halogenated alkanes) is 1. The molecule has 1 amide bonds. The first-order valence-corrected chi connectivity index (χ1v) is 11.2. The molecule has 0 unspecified atom stereocenters. The van der Waals surface area contributed by atoms with Gasteiger partial charge >= 0.3 is 11.9 Å². The van der Waals surface area contributed by atoms with Gasteiger partial charge in [0.15, 0.2) is 0 Å². The topological polar surface area (TPSA) is 92.7 Å². The Bertz CT molecular complexity index is 741. The second kappa shape index (κ2) is 9.54. The van der Waals surface area contributed by atoms with E-state index in [-0.39, 0.29) is 11.9 Å². The second-order valence-electron chi connectivity index (χ2n) is 7.73. The van der Waals surface area contributed by atoms with E-state index in [2.05, 4.69) is 5.32 Å². The number of carbonyl (C=O) groups excluding carboxylic acids is 2. The van der Waals surface area contributed by atoms with Gasteiger partial charge in [0.2, 0.25) is 5.91 Å². The minimum atomic E-state index is -0.912. The van der Waals surface area contributed by atoms with E-state index in [0.717, 1.165) is 61.8 Å². The average Bonchev–Trinajstić information content (AvgIpc) is 3.05. The van der Waals surface area contributed by atoms with Crippen LogP contribution in [0.15, 0.2) is 0 Å². The second-order valence-corrected chi connectivity index (χ2v) is 8.83. The normalized spacial score (nSPS) is 21.6. The molecule has 6 nitrogen and oxygen atoms in total. The summed E-state index contributed by atoms with van der Waals surface area (Å²) in [6, 6.07) is 0. The number of nitrogens with one attached hydrogen (secondary N) is 1. The van der Waals surface area contributed by atoms with Crippen molar-refractivity contribution < 1.29 is 24.2 Å². The molecule has 2 aliphatic rings. The van der Waals surface area contributed by atoms with Crippen LogP contribution >= 0.6 is 11.3 Å². The van der Waals surface area contributed by atoms with Crippen molar-refractivity contribution in [2.24, 2.45) is 11.8 Å². The van der Waals surface area contributed by atoms with Gasteiger partial charge in [-0.25, -0.2) is 4.79 Å². The number of carboxylic acid groups (broad SMARTS) is 1. The van der Waals surface area contributed by atoms with Crippen LogP contribution in [0.3, 0.4) is 0 Å². The Balaban J connectivity index is 1.82. The summed E-state index contributed by atoms with van der Waals surface area (Å²) in [4.78, 5) is 38.3. The number of fused-ring (bicyclic) bond motifs is 1. The first-order chi connectivity index (χ1) is 13.5. The van der Waals surface area contributed by atoms with Gasteiger partial charge < -0.3 is 15.2 Å². The number of hydrogen-bond acceptors (Lipinski definition) is 5. The lowest BCUT2D eigenvalue weighted by molar-refractivity contribution is -0.147. The number of aryl methyl sites for hydroxylation is 1. The van der Waals surface area contributed by atoms with Crippen LogP contribution in [0.4, 0.5) is 5.00 Å². The smallest absolute Gasteiger partial charge is 0.341 e. The summed E-state index contributed by atoms with van der Waals surface area (Å²) in [7, 11) is 0. The molecule has 0 radical (unpaired) electrons. The maximum atomic E-state index is 12.9. The highest BCUT2D eigenvalue weighted by Gasteiger charge is 2.37. The maximum absolute atomic E-state index is 12.9. The number of rotatable bonds is 7. The first-order valence-electron chi connectivity index (χ1n) is 10.4. The zero-order chi connectivity index (χ0) is 20.1. The molecule has 28 heavy (non-hydrogen) atoms. The van der Waals surface area contributed by atoms with E-state index in [1.54, 1.807) is 0 Å². The summed E-state index contributed by atoms with van der Waals surface area (Å²) < 4.78 is 5.44. The molecule has 3 rings (SSSR count). The Morgan fingerprint density at radius 2 is 1.82 bits per heavy atom. The van der Waals surface area contributed by atoms with E-state index in [0.29, 0.717) is 30.0 Å². The monoisotopic (exact) mass is 407 g/mol. The lowest BCUT2D eigenvalue weighted by Crippen LogP contribution is -2.36. The number of hydrogen-bond donors (Lipinski definition) is 2. The third-order valence-corrected chi connectivity index (χ3v) is 6.97. The van der Waals surface area contributed by atoms with Crippen LogP contribution in [-0.4, -0.2) is 29.6 Å². The highest BCUT2D eigenvalue weighted by atomic mass is 32.1. The minimum Gasteiger partial charge on any atom is -0.481 e. The van der Waals surface area contributed by atoms with E-state index >= 15 is 0 Å². The van der Waals surface area contributed by atoms with Crippen LogP contribution in [0.1, 0.15) is 79.1 Å². The lowest BCUT2D eigenvalue weighted by Gasteiger charge is -2.27. The van der Waals surface area contributed by atoms with Crippen molar-refractivity contribution in [3.8, 4) is 0 Å². The molecule has 2 N–H and O–H groups in total. The number of ether oxygens (including phenoxy) is 1. The van der Waals surface area contributed by atoms with Crippen LogP contribution in [0.5, 0.6) is 0 Å². The van der Waals surface area contributed by atoms with Gasteiger partial charge in [-0.1, -0.05) is 26.2 Å². The maximum Gasteiger partial charge on any atom is 0.341 e. The number of esters is 1. The fraction of sp³-hybridized carbons (Fsp3) is 0.667. The van der Waals surface area contributed by atoms with Gasteiger partial charge in [-0.15, -0.1) is 11.3 Å². The van der Waals surface area contributed by atoms with Crippen molar-refractivity contribution in [3.05, 3.63) is 16.0 Å². The molecular formula is C21H29NO5S. The summed E-state index contributed by atoms with van der Waals surface area (Å²) in [6.07, 6.45) is 8.37. The van der Waals surface area contributed by atoms with Crippen LogP contribution in [0, 0.1) is 11.8 Å². The van der Waals surface area contributed by atoms with Gasteiger partial charge in [0, 0.05) is 4.88 Å². The molecule has 1 heterocycles. The highest BCUT2D eigenvalue weighted by Crippen LogP contribution is 2.40. The quantitative estimate of drug-likeness (QED) is 0.516. The van der Waals surface area contributed by atoms with E-state index in [9.17, 15) is 19.5 Å². The van der Waals surface area contributed by atoms with Crippen molar-refractivity contribution in [1.82, 2.24) is 0 Å². The van der Waals surface area contributed by atoms with Gasteiger partial charge in [0.25, 0.3) is 0 Å². The number of anilines is 1. The number of thiophene rings is 1. The van der Waals surface area contributed by atoms with Crippen LogP contribution in [0.25, 0.3) is 0 Å². The van der Waals surface area contributed by atoms with Crippen molar-refractivity contribution in [1.29, 1.82) is 0 Å². The third-order valence-electron chi connectivity index (χ3n) is 5.76. The molecule has 1 saturated carbocycles. The summed E-state index contributed by atoms with van der Waals surface area (Å²) in [6.45, 7) is 2.41. The molecule has 0 saturated heterocycles. The van der Waals surface area contributed by atoms with E-state index in [4.69, 9.17) is 4.74 Å². The summed E-state index contributed by atoms with van der Waals surface area (Å²) >= 11 is 1.45. The molecule has 0 aliphatic heterocycles. The summed E-state index contributed by atoms with van der Waals surface area (Å²) in [5.41, 5.74) is 1.50. The van der Waals surface area contributed by atoms with Crippen molar-refractivity contribution >= 4 is 34.2 Å². The molecule has 1 aromatic heterocycles. The summed E-state index contributed by atoms with van der Waals surface area (Å²) in [5, 5.41) is 12.9. The van der Waals surface area contributed by atoms with Gasteiger partial charge in [-0.3, -0.25) is 9.59 Å². The average molecular weight is 408 g/mol. The van der Waals surface area contributed by atoms with Crippen LogP contribution in [0.2, 0.25) is 0 Å². The molecule has 1 fully saturated rings. The minimum absolute atomic E-state index is 0.284. The molecule has 1 aromatic rings. The molecule has 154 valence electrons. The zero-order valence-corrected chi connectivity index (χ0v) is 17.2. The predicted octanol–water partition coefficient (Wildman–Crippen LogP) is 4.41. The molecule has 2 aliphatic carbocycles. The van der Waals surface area contributed by atoms with Crippen molar-refractivity contribution in [2.75, 3.05) is 11.9 Å². The molecule has 0 spiro atoms. The largest absolute Gasteiger partial charge is 0.481 e. The van der Waals surface area contributed by atoms with Gasteiger partial charge in [-0.2, -0.15) is 0 Å². The van der Waals surface area contributed by atoms with Gasteiger partial charge in [0.1, 0.15) is 5.00 Å². The standard InChI is InChI=1S/C21H29NO5S/c1-2-3-12-27-21(26)17-15-10-6-7-11-16(15)28-19(17)22-18(23)13-8-4-5-9-14(13)20(24)25/h13-14H,2-12H2,1H3,(H,22,23)(H,24,25)/t13-,14+/m0/s1. The first kappa shape index (κ1) is 20.8. The van der Waals surface area contributed by atoms with Crippen molar-refractivity contribution in [2.45, 2.75) is 71.1 Å². The zero-order valence-electron chi connectivity index (χ0n) is 16.4. The van der Waals surface area contributed by atoms with Gasteiger partial charge in [0.05, 0.1) is 24.0 Å². The molecular weight excluding hydrogens is 378 g/mol. The fourth-order valence-corrected chi connectivity index (χ4v) is 5.48. The number of aliphatic carboxylic acids is 1.